The molecule has 4 aromatic carbocycles. The molecule has 0 amide bonds. The topological polar surface area (TPSA) is 95.1 Å². The van der Waals surface area contributed by atoms with Crippen LogP contribution in [0.3, 0.4) is 0 Å². The fourth-order valence-corrected chi connectivity index (χ4v) is 8.91. The Morgan fingerprint density at radius 1 is 0.523 bits per heavy atom. The zero-order chi connectivity index (χ0) is 45.1. The predicted octanol–water partition coefficient (Wildman–Crippen LogP) is 10.6. The number of benzene rings is 4. The first-order chi connectivity index (χ1) is 31.6. The molecule has 0 unspecified atom stereocenters. The van der Waals surface area contributed by atoms with Crippen molar-refractivity contribution in [1.29, 1.82) is 0 Å². The van der Waals surface area contributed by atoms with Gasteiger partial charge in [0, 0.05) is 116 Å². The largest absolute Gasteiger partial charge is 0.368 e. The smallest absolute Gasteiger partial charge is 0.229 e. The van der Waals surface area contributed by atoms with Crippen LogP contribution in [-0.4, -0.2) is 105 Å². The average molecular weight is 914 g/mol. The lowest BCUT2D eigenvalue weighted by Gasteiger charge is -2.36. The van der Waals surface area contributed by atoms with Gasteiger partial charge in [-0.15, -0.1) is 0 Å². The number of rotatable bonds is 12. The van der Waals surface area contributed by atoms with E-state index in [4.69, 9.17) is 43.1 Å². The zero-order valence-electron chi connectivity index (χ0n) is 38.2. The van der Waals surface area contributed by atoms with Crippen LogP contribution in [0.25, 0.3) is 0 Å². The number of piperazine rings is 2. The Balaban J connectivity index is 0.000000178. The molecule has 6 aromatic rings. The third kappa shape index (κ3) is 12.5. The van der Waals surface area contributed by atoms with Crippen LogP contribution in [-0.2, 0) is 6.54 Å². The highest BCUT2D eigenvalue weighted by atomic mass is 35.5. The highest BCUT2D eigenvalue weighted by molar-refractivity contribution is 6.42. The van der Waals surface area contributed by atoms with Crippen molar-refractivity contribution in [2.24, 2.45) is 0 Å². The Morgan fingerprint density at radius 2 is 1.03 bits per heavy atom. The number of hydrogen-bond acceptors (Lipinski definition) is 12. The molecule has 3 aliphatic rings. The number of para-hydroxylation sites is 1. The first-order valence-corrected chi connectivity index (χ1v) is 23.7. The summed E-state index contributed by atoms with van der Waals surface area (Å²) in [4.78, 5) is 32.8. The van der Waals surface area contributed by atoms with E-state index < -0.39 is 0 Å². The van der Waals surface area contributed by atoms with E-state index in [-0.39, 0.29) is 0 Å². The number of aromatic nitrogens is 4. The van der Waals surface area contributed by atoms with Gasteiger partial charge in [-0.3, -0.25) is 4.90 Å². The van der Waals surface area contributed by atoms with E-state index in [2.05, 4.69) is 115 Å². The lowest BCUT2D eigenvalue weighted by Crippen LogP contribution is -2.47. The Morgan fingerprint density at radius 3 is 1.58 bits per heavy atom. The highest BCUT2D eigenvalue weighted by Crippen LogP contribution is 2.34. The first-order valence-electron chi connectivity index (χ1n) is 22.9. The lowest BCUT2D eigenvalue weighted by molar-refractivity contribution is 0.249. The van der Waals surface area contributed by atoms with Crippen LogP contribution in [0.15, 0.2) is 115 Å². The van der Waals surface area contributed by atoms with Gasteiger partial charge in [0.05, 0.1) is 10.0 Å². The molecule has 0 bridgehead atoms. The van der Waals surface area contributed by atoms with E-state index in [9.17, 15) is 0 Å². The third-order valence-electron chi connectivity index (χ3n) is 12.4. The molecule has 0 radical (unpaired) electrons. The molecule has 9 rings (SSSR count). The molecular weight excluding hydrogens is 852 g/mol. The Labute approximate surface area is 395 Å². The molecule has 340 valence electrons. The van der Waals surface area contributed by atoms with Gasteiger partial charge >= 0.3 is 0 Å². The van der Waals surface area contributed by atoms with Crippen molar-refractivity contribution < 1.29 is 0 Å². The summed E-state index contributed by atoms with van der Waals surface area (Å²) >= 11 is 12.2. The van der Waals surface area contributed by atoms with E-state index in [0.29, 0.717) is 10.0 Å². The van der Waals surface area contributed by atoms with Crippen molar-refractivity contribution in [1.82, 2.24) is 24.8 Å². The highest BCUT2D eigenvalue weighted by Gasteiger charge is 2.23. The normalized spacial score (nSPS) is 15.8. The number of nitrogens with zero attached hydrogens (tertiary/aromatic N) is 10. The van der Waals surface area contributed by atoms with Gasteiger partial charge in [0.1, 0.15) is 23.3 Å². The molecule has 1 aliphatic carbocycles. The van der Waals surface area contributed by atoms with Crippen LogP contribution >= 0.6 is 23.2 Å². The summed E-state index contributed by atoms with van der Waals surface area (Å²) in [5.41, 5.74) is 6.00. The maximum atomic E-state index is 6.16. The Hall–Kier alpha value is -5.82. The van der Waals surface area contributed by atoms with Crippen LogP contribution < -0.4 is 35.1 Å². The van der Waals surface area contributed by atoms with Crippen LogP contribution in [0.2, 0.25) is 10.0 Å². The minimum absolute atomic E-state index is 0.503. The number of nitrogens with one attached hydrogen (secondary N) is 2. The fraction of sp³-hybridized carbons (Fsp3) is 0.373. The lowest BCUT2D eigenvalue weighted by atomic mass is 9.84. The van der Waals surface area contributed by atoms with Crippen molar-refractivity contribution in [2.45, 2.75) is 44.6 Å². The van der Waals surface area contributed by atoms with Gasteiger partial charge in [-0.05, 0) is 72.4 Å². The predicted molar refractivity (Wildman–Crippen MR) is 273 cm³/mol. The van der Waals surface area contributed by atoms with Gasteiger partial charge in [-0.1, -0.05) is 103 Å². The van der Waals surface area contributed by atoms with Crippen LogP contribution in [0, 0.1) is 0 Å². The summed E-state index contributed by atoms with van der Waals surface area (Å²) in [5.74, 6) is 5.57. The summed E-state index contributed by atoms with van der Waals surface area (Å²) in [6, 6.07) is 39.6. The SMILES string of the molecule is CN(C)c1cc(Nc2ccc(C3CCCCC3)cc2)nc(N2CCN(c3ccccc3)CC2)n1.CN(C)c1cc(Nc2ccc(Cl)c(Cl)c2)nc(N2CCN(Cc3ccccc3)CC2)n1. The molecular formula is C51H62Cl2N12. The third-order valence-corrected chi connectivity index (χ3v) is 13.1. The molecule has 14 heteroatoms. The summed E-state index contributed by atoms with van der Waals surface area (Å²) in [6.45, 7) is 8.42. The first kappa shape index (κ1) is 45.7. The van der Waals surface area contributed by atoms with Crippen LogP contribution in [0.5, 0.6) is 0 Å². The summed E-state index contributed by atoms with van der Waals surface area (Å²) in [7, 11) is 8.02. The van der Waals surface area contributed by atoms with Crippen molar-refractivity contribution in [3.8, 4) is 0 Å². The Kier molecular flexibility index (Phi) is 15.4. The van der Waals surface area contributed by atoms with E-state index >= 15 is 0 Å². The molecule has 0 spiro atoms. The minimum Gasteiger partial charge on any atom is -0.368 e. The van der Waals surface area contributed by atoms with E-state index in [1.165, 1.54) is 48.9 Å². The zero-order valence-corrected chi connectivity index (χ0v) is 39.7. The van der Waals surface area contributed by atoms with E-state index in [1.807, 2.05) is 56.2 Å². The van der Waals surface area contributed by atoms with Gasteiger partial charge in [-0.25, -0.2) is 0 Å². The van der Waals surface area contributed by atoms with Gasteiger partial charge in [-0.2, -0.15) is 19.9 Å². The van der Waals surface area contributed by atoms with Crippen molar-refractivity contribution in [3.63, 3.8) is 0 Å². The number of hydrogen-bond donors (Lipinski definition) is 2. The molecule has 1 saturated carbocycles. The van der Waals surface area contributed by atoms with Gasteiger partial charge in [0.15, 0.2) is 0 Å². The molecule has 2 aromatic heterocycles. The maximum Gasteiger partial charge on any atom is 0.229 e. The molecule has 0 atom stereocenters. The standard InChI is InChI=1S/C28H36N6.C23H26Cl2N6/c1-32(2)27-21-26(29-24-15-13-23(14-16-24)22-9-5-3-6-10-22)30-28(31-27)34-19-17-33(18-20-34)25-11-7-4-8-12-25;1-29(2)22-15-21(26-18-8-9-19(24)20(25)14-18)27-23(28-22)31-12-10-30(11-13-31)16-17-6-4-3-5-7-17/h4,7-8,11-16,21-22H,3,5-6,9-10,17-20H2,1-2H3,(H,29,30,31);3-9,14-15H,10-13,16H2,1-2H3,(H,26,27,28). The summed E-state index contributed by atoms with van der Waals surface area (Å²) < 4.78 is 0. The van der Waals surface area contributed by atoms with E-state index in [1.54, 1.807) is 12.1 Å². The maximum absolute atomic E-state index is 6.16. The molecule has 12 nitrogen and oxygen atoms in total. The van der Waals surface area contributed by atoms with Crippen LogP contribution in [0.1, 0.15) is 49.1 Å². The van der Waals surface area contributed by atoms with Crippen LogP contribution in [0.4, 0.5) is 52.2 Å². The molecule has 2 aliphatic heterocycles. The van der Waals surface area contributed by atoms with Crippen molar-refractivity contribution >= 4 is 75.4 Å². The van der Waals surface area contributed by atoms with Crippen molar-refractivity contribution in [2.75, 3.05) is 116 Å². The molecule has 2 saturated heterocycles. The minimum atomic E-state index is 0.503. The van der Waals surface area contributed by atoms with Gasteiger partial charge in [0.25, 0.3) is 0 Å². The molecule has 65 heavy (non-hydrogen) atoms. The quantitative estimate of drug-likeness (QED) is 0.122. The van der Waals surface area contributed by atoms with Gasteiger partial charge in [0.2, 0.25) is 11.9 Å². The van der Waals surface area contributed by atoms with Gasteiger partial charge < -0.3 is 35.1 Å². The number of halogens is 2. The second-order valence-corrected chi connectivity index (χ2v) is 18.3. The molecule has 3 fully saturated rings. The van der Waals surface area contributed by atoms with Crippen molar-refractivity contribution in [3.05, 3.63) is 136 Å². The summed E-state index contributed by atoms with van der Waals surface area (Å²) in [6.07, 6.45) is 6.77. The Bertz CT molecular complexity index is 2410. The average Bonchev–Trinajstić information content (AvgIpc) is 3.34. The fourth-order valence-electron chi connectivity index (χ4n) is 8.61. The number of anilines is 9. The molecule has 4 heterocycles. The van der Waals surface area contributed by atoms with E-state index in [0.717, 1.165) is 111 Å². The summed E-state index contributed by atoms with van der Waals surface area (Å²) in [5, 5.41) is 7.89. The monoisotopic (exact) mass is 912 g/mol. The molecule has 2 N–H and O–H groups in total. The second-order valence-electron chi connectivity index (χ2n) is 17.5. The second kappa shape index (κ2) is 21.9.